The van der Waals surface area contributed by atoms with E-state index in [9.17, 15) is 0 Å². The van der Waals surface area contributed by atoms with Crippen molar-refractivity contribution in [1.82, 2.24) is 5.32 Å². The molecule has 0 radical (unpaired) electrons. The summed E-state index contributed by atoms with van der Waals surface area (Å²) in [6, 6.07) is 10.9. The van der Waals surface area contributed by atoms with Crippen LogP contribution in [0.25, 0.3) is 0 Å². The predicted octanol–water partition coefficient (Wildman–Crippen LogP) is 3.77. The third kappa shape index (κ3) is 5.60. The summed E-state index contributed by atoms with van der Waals surface area (Å²) in [5.41, 5.74) is 1.46. The van der Waals surface area contributed by atoms with E-state index in [1.165, 1.54) is 17.7 Å². The van der Waals surface area contributed by atoms with Crippen LogP contribution in [0.15, 0.2) is 30.3 Å². The molecule has 1 rings (SSSR count). The van der Waals surface area contributed by atoms with Gasteiger partial charge in [-0.3, -0.25) is 0 Å². The van der Waals surface area contributed by atoms with E-state index in [1.54, 1.807) is 0 Å². The third-order valence-electron chi connectivity index (χ3n) is 3.10. The van der Waals surface area contributed by atoms with E-state index in [2.05, 4.69) is 55.8 Å². The molecule has 0 saturated heterocycles. The molecule has 0 fully saturated rings. The van der Waals surface area contributed by atoms with E-state index < -0.39 is 0 Å². The number of nitrogens with one attached hydrogen (secondary N) is 1. The second-order valence-electron chi connectivity index (χ2n) is 4.81. The summed E-state index contributed by atoms with van der Waals surface area (Å²) >= 11 is 1.92. The molecule has 0 aliphatic heterocycles. The van der Waals surface area contributed by atoms with Gasteiger partial charge in [-0.25, -0.2) is 0 Å². The largest absolute Gasteiger partial charge is 0.316 e. The zero-order valence-corrected chi connectivity index (χ0v) is 12.1. The van der Waals surface area contributed by atoms with E-state index in [0.29, 0.717) is 11.8 Å². The van der Waals surface area contributed by atoms with Crippen LogP contribution in [0, 0.1) is 5.92 Å². The van der Waals surface area contributed by atoms with Gasteiger partial charge in [-0.1, -0.05) is 44.2 Å². The highest BCUT2D eigenvalue weighted by atomic mass is 32.2. The number of thioether (sulfide) groups is 1. The minimum atomic E-state index is 0.630. The maximum Gasteiger partial charge on any atom is 0.00226 e. The van der Waals surface area contributed by atoms with Gasteiger partial charge in [-0.05, 0) is 42.4 Å². The minimum Gasteiger partial charge on any atom is -0.316 e. The summed E-state index contributed by atoms with van der Waals surface area (Å²) in [4.78, 5) is 0. The molecule has 0 aliphatic rings. The van der Waals surface area contributed by atoms with Crippen molar-refractivity contribution in [1.29, 1.82) is 0 Å². The SMILES string of the molecule is CSCCCNCC(c1ccccc1)C(C)C. The van der Waals surface area contributed by atoms with Crippen LogP contribution in [0.5, 0.6) is 0 Å². The molecule has 1 N–H and O–H groups in total. The van der Waals surface area contributed by atoms with Gasteiger partial charge >= 0.3 is 0 Å². The van der Waals surface area contributed by atoms with Crippen molar-refractivity contribution in [2.75, 3.05) is 25.1 Å². The Labute approximate surface area is 110 Å². The number of hydrogen-bond acceptors (Lipinski definition) is 2. The van der Waals surface area contributed by atoms with Crippen molar-refractivity contribution in [3.63, 3.8) is 0 Å². The molecule has 0 spiro atoms. The Hall–Kier alpha value is -0.470. The zero-order valence-electron chi connectivity index (χ0n) is 11.3. The summed E-state index contributed by atoms with van der Waals surface area (Å²) in [5.74, 6) is 2.57. The smallest absolute Gasteiger partial charge is 0.00226 e. The van der Waals surface area contributed by atoms with Crippen LogP contribution in [-0.2, 0) is 0 Å². The summed E-state index contributed by atoms with van der Waals surface area (Å²) < 4.78 is 0. The average molecular weight is 251 g/mol. The molecule has 1 aromatic carbocycles. The molecule has 96 valence electrons. The number of hydrogen-bond donors (Lipinski definition) is 1. The molecule has 2 heteroatoms. The van der Waals surface area contributed by atoms with Gasteiger partial charge in [0.15, 0.2) is 0 Å². The molecular weight excluding hydrogens is 226 g/mol. The van der Waals surface area contributed by atoms with Gasteiger partial charge in [0.25, 0.3) is 0 Å². The first-order valence-corrected chi connectivity index (χ1v) is 7.89. The maximum absolute atomic E-state index is 3.59. The van der Waals surface area contributed by atoms with E-state index in [0.717, 1.165) is 13.1 Å². The molecule has 1 atom stereocenters. The van der Waals surface area contributed by atoms with Gasteiger partial charge in [0.1, 0.15) is 0 Å². The van der Waals surface area contributed by atoms with Gasteiger partial charge in [0, 0.05) is 6.54 Å². The van der Waals surface area contributed by atoms with E-state index in [4.69, 9.17) is 0 Å². The molecule has 0 bridgehead atoms. The fraction of sp³-hybridized carbons (Fsp3) is 0.600. The monoisotopic (exact) mass is 251 g/mol. The summed E-state index contributed by atoms with van der Waals surface area (Å²) in [7, 11) is 0. The molecule has 1 nitrogen and oxygen atoms in total. The minimum absolute atomic E-state index is 0.630. The van der Waals surface area contributed by atoms with Crippen molar-refractivity contribution >= 4 is 11.8 Å². The average Bonchev–Trinajstić information content (AvgIpc) is 2.34. The van der Waals surface area contributed by atoms with Gasteiger partial charge in [0.05, 0.1) is 0 Å². The summed E-state index contributed by atoms with van der Waals surface area (Å²) in [6.45, 7) is 6.84. The fourth-order valence-corrected chi connectivity index (χ4v) is 2.47. The molecule has 0 amide bonds. The van der Waals surface area contributed by atoms with E-state index in [-0.39, 0.29) is 0 Å². The molecular formula is C15H25NS. The van der Waals surface area contributed by atoms with Crippen LogP contribution < -0.4 is 5.32 Å². The molecule has 0 heterocycles. The van der Waals surface area contributed by atoms with Crippen molar-refractivity contribution < 1.29 is 0 Å². The molecule has 1 unspecified atom stereocenters. The first-order chi connectivity index (χ1) is 8.25. The quantitative estimate of drug-likeness (QED) is 0.706. The van der Waals surface area contributed by atoms with Crippen molar-refractivity contribution in [2.24, 2.45) is 5.92 Å². The molecule has 0 aromatic heterocycles. The lowest BCUT2D eigenvalue weighted by Crippen LogP contribution is -2.25. The lowest BCUT2D eigenvalue weighted by atomic mass is 9.88. The normalized spacial score (nSPS) is 12.9. The third-order valence-corrected chi connectivity index (χ3v) is 3.80. The molecule has 1 aromatic rings. The standard InChI is InChI=1S/C15H25NS/c1-13(2)15(12-16-10-7-11-17-3)14-8-5-4-6-9-14/h4-6,8-9,13,15-16H,7,10-12H2,1-3H3. The van der Waals surface area contributed by atoms with Crippen molar-refractivity contribution in [3.8, 4) is 0 Å². The Balaban J connectivity index is 2.40. The Morgan fingerprint density at radius 1 is 1.18 bits per heavy atom. The van der Waals surface area contributed by atoms with Gasteiger partial charge < -0.3 is 5.32 Å². The van der Waals surface area contributed by atoms with E-state index in [1.807, 2.05) is 11.8 Å². The number of rotatable bonds is 8. The summed E-state index contributed by atoms with van der Waals surface area (Å²) in [6.07, 6.45) is 3.43. The Bertz CT molecular complexity index is 284. The number of benzene rings is 1. The zero-order chi connectivity index (χ0) is 12.5. The molecule has 17 heavy (non-hydrogen) atoms. The van der Waals surface area contributed by atoms with Crippen molar-refractivity contribution in [3.05, 3.63) is 35.9 Å². The molecule has 0 aliphatic carbocycles. The van der Waals surface area contributed by atoms with Crippen LogP contribution in [0.2, 0.25) is 0 Å². The lowest BCUT2D eigenvalue weighted by molar-refractivity contribution is 0.462. The van der Waals surface area contributed by atoms with Crippen LogP contribution in [0.1, 0.15) is 31.7 Å². The van der Waals surface area contributed by atoms with Crippen molar-refractivity contribution in [2.45, 2.75) is 26.2 Å². The van der Waals surface area contributed by atoms with Crippen LogP contribution in [0.3, 0.4) is 0 Å². The fourth-order valence-electron chi connectivity index (χ4n) is 2.04. The highest BCUT2D eigenvalue weighted by molar-refractivity contribution is 7.98. The van der Waals surface area contributed by atoms with Crippen LogP contribution in [-0.4, -0.2) is 25.1 Å². The Morgan fingerprint density at radius 2 is 1.88 bits per heavy atom. The predicted molar refractivity (Wildman–Crippen MR) is 79.9 cm³/mol. The van der Waals surface area contributed by atoms with Crippen LogP contribution >= 0.6 is 11.8 Å². The second-order valence-corrected chi connectivity index (χ2v) is 5.80. The Kier molecular flexibility index (Phi) is 7.38. The first kappa shape index (κ1) is 14.6. The lowest BCUT2D eigenvalue weighted by Gasteiger charge is -2.22. The van der Waals surface area contributed by atoms with Gasteiger partial charge in [0.2, 0.25) is 0 Å². The first-order valence-electron chi connectivity index (χ1n) is 6.50. The summed E-state index contributed by atoms with van der Waals surface area (Å²) in [5, 5.41) is 3.59. The molecule has 0 saturated carbocycles. The second kappa shape index (κ2) is 8.60. The topological polar surface area (TPSA) is 12.0 Å². The van der Waals surface area contributed by atoms with Gasteiger partial charge in [-0.2, -0.15) is 11.8 Å². The van der Waals surface area contributed by atoms with Gasteiger partial charge in [-0.15, -0.1) is 0 Å². The maximum atomic E-state index is 3.59. The highest BCUT2D eigenvalue weighted by Crippen LogP contribution is 2.23. The van der Waals surface area contributed by atoms with Crippen LogP contribution in [0.4, 0.5) is 0 Å². The Morgan fingerprint density at radius 3 is 2.47 bits per heavy atom. The highest BCUT2D eigenvalue weighted by Gasteiger charge is 2.14. The van der Waals surface area contributed by atoms with E-state index >= 15 is 0 Å².